The van der Waals surface area contributed by atoms with Crippen LogP contribution >= 0.6 is 17.0 Å². The van der Waals surface area contributed by atoms with E-state index < -0.39 is 15.7 Å². The maximum atomic E-state index is 12.0. The van der Waals surface area contributed by atoms with Crippen LogP contribution in [0.25, 0.3) is 0 Å². The van der Waals surface area contributed by atoms with Gasteiger partial charge in [-0.05, 0) is 58.4 Å². The number of anilines is 1. The van der Waals surface area contributed by atoms with E-state index >= 15 is 0 Å². The lowest BCUT2D eigenvalue weighted by Gasteiger charge is -2.20. The lowest BCUT2D eigenvalue weighted by atomic mass is 10.1. The predicted octanol–water partition coefficient (Wildman–Crippen LogP) is 2.88. The van der Waals surface area contributed by atoms with Crippen molar-refractivity contribution in [3.63, 3.8) is 0 Å². The summed E-state index contributed by atoms with van der Waals surface area (Å²) in [5, 5.41) is 3.14. The summed E-state index contributed by atoms with van der Waals surface area (Å²) < 4.78 is 28.8. The second-order valence-corrected chi connectivity index (χ2v) is 8.06. The number of Topliss-reactive ketones (excluding diaryl/α,β-unsaturated/α-hetero) is 1. The number of hydrogen-bond acceptors (Lipinski definition) is 4. The van der Waals surface area contributed by atoms with Crippen LogP contribution in [0.1, 0.15) is 51.4 Å². The SMILES string of the molecule is Br.CCC(C)NCC(=O)c1ccc(NS(=O)(=O)NC(C)(C)C)cc1. The van der Waals surface area contributed by atoms with E-state index in [1.54, 1.807) is 45.0 Å². The Bertz CT molecular complexity index is 625. The highest BCUT2D eigenvalue weighted by molar-refractivity contribution is 8.93. The summed E-state index contributed by atoms with van der Waals surface area (Å²) in [5.74, 6) is -0.0208. The van der Waals surface area contributed by atoms with E-state index in [4.69, 9.17) is 0 Å². The molecular formula is C16H28BrN3O3S. The average molecular weight is 422 g/mol. The second-order valence-electron chi connectivity index (χ2n) is 6.65. The molecule has 0 saturated carbocycles. The largest absolute Gasteiger partial charge is 0.307 e. The summed E-state index contributed by atoms with van der Waals surface area (Å²) >= 11 is 0. The molecule has 0 saturated heterocycles. The predicted molar refractivity (Wildman–Crippen MR) is 104 cm³/mol. The van der Waals surface area contributed by atoms with Crippen LogP contribution in [0.4, 0.5) is 5.69 Å². The zero-order valence-corrected chi connectivity index (χ0v) is 17.4. The number of carbonyl (C=O) groups excluding carboxylic acids is 1. The Balaban J connectivity index is 0.00000529. The molecule has 1 aromatic rings. The molecule has 0 radical (unpaired) electrons. The molecule has 0 heterocycles. The molecule has 138 valence electrons. The molecule has 3 N–H and O–H groups in total. The third-order valence-electron chi connectivity index (χ3n) is 3.12. The first-order chi connectivity index (χ1) is 10.5. The standard InChI is InChI=1S/C16H27N3O3S.BrH/c1-6-12(2)17-11-15(20)13-7-9-14(10-8-13)18-23(21,22)19-16(3,4)5;/h7-10,12,17-19H,6,11H2,1-5H3;1H. The third kappa shape index (κ3) is 8.77. The van der Waals surface area contributed by atoms with Crippen molar-refractivity contribution >= 4 is 38.7 Å². The van der Waals surface area contributed by atoms with Crippen molar-refractivity contribution in [1.29, 1.82) is 0 Å². The second kappa shape index (κ2) is 9.50. The number of benzene rings is 1. The smallest absolute Gasteiger partial charge is 0.299 e. The molecule has 0 aromatic heterocycles. The monoisotopic (exact) mass is 421 g/mol. The van der Waals surface area contributed by atoms with Gasteiger partial charge in [-0.3, -0.25) is 9.52 Å². The Hall–Kier alpha value is -0.960. The number of ketones is 1. The first-order valence-electron chi connectivity index (χ1n) is 7.71. The van der Waals surface area contributed by atoms with Crippen molar-refractivity contribution in [3.05, 3.63) is 29.8 Å². The van der Waals surface area contributed by atoms with Gasteiger partial charge >= 0.3 is 0 Å². The Morgan fingerprint density at radius 1 is 1.17 bits per heavy atom. The molecule has 1 unspecified atom stereocenters. The zero-order chi connectivity index (χ0) is 17.7. The van der Waals surface area contributed by atoms with Gasteiger partial charge in [-0.1, -0.05) is 6.92 Å². The molecule has 1 rings (SSSR count). The van der Waals surface area contributed by atoms with E-state index in [0.717, 1.165) is 6.42 Å². The van der Waals surface area contributed by atoms with E-state index in [2.05, 4.69) is 21.7 Å². The van der Waals surface area contributed by atoms with Crippen LogP contribution in [0.15, 0.2) is 24.3 Å². The maximum Gasteiger partial charge on any atom is 0.299 e. The number of carbonyl (C=O) groups is 1. The summed E-state index contributed by atoms with van der Waals surface area (Å²) in [6.45, 7) is 9.63. The van der Waals surface area contributed by atoms with Gasteiger partial charge in [-0.25, -0.2) is 0 Å². The molecule has 1 atom stereocenters. The molecule has 0 aliphatic rings. The van der Waals surface area contributed by atoms with Crippen LogP contribution in [-0.4, -0.2) is 32.3 Å². The molecule has 0 aliphatic carbocycles. The molecule has 0 bridgehead atoms. The number of nitrogens with one attached hydrogen (secondary N) is 3. The lowest BCUT2D eigenvalue weighted by Crippen LogP contribution is -2.43. The molecule has 0 fully saturated rings. The molecule has 0 amide bonds. The highest BCUT2D eigenvalue weighted by atomic mass is 79.9. The minimum atomic E-state index is -3.65. The molecule has 0 aliphatic heterocycles. The van der Waals surface area contributed by atoms with E-state index in [1.165, 1.54) is 0 Å². The van der Waals surface area contributed by atoms with E-state index in [0.29, 0.717) is 11.3 Å². The van der Waals surface area contributed by atoms with Crippen LogP contribution in [0, 0.1) is 0 Å². The normalized spacial score (nSPS) is 13.0. The molecule has 24 heavy (non-hydrogen) atoms. The molecule has 8 heteroatoms. The summed E-state index contributed by atoms with van der Waals surface area (Å²) in [4.78, 5) is 12.0. The first kappa shape index (κ1) is 23.0. The van der Waals surface area contributed by atoms with Gasteiger partial charge in [-0.2, -0.15) is 13.1 Å². The van der Waals surface area contributed by atoms with Gasteiger partial charge in [0.2, 0.25) is 0 Å². The van der Waals surface area contributed by atoms with Crippen LogP contribution in [-0.2, 0) is 10.2 Å². The van der Waals surface area contributed by atoms with Gasteiger partial charge in [0, 0.05) is 22.8 Å². The molecular weight excluding hydrogens is 394 g/mol. The fourth-order valence-corrected chi connectivity index (χ4v) is 3.12. The molecule has 6 nitrogen and oxygen atoms in total. The number of halogens is 1. The number of hydrogen-bond donors (Lipinski definition) is 3. The summed E-state index contributed by atoms with van der Waals surface area (Å²) in [7, 11) is -3.65. The Morgan fingerprint density at radius 2 is 1.71 bits per heavy atom. The van der Waals surface area contributed by atoms with Crippen molar-refractivity contribution in [3.8, 4) is 0 Å². The van der Waals surface area contributed by atoms with E-state index in [1.807, 2.05) is 6.92 Å². The Kier molecular flexibility index (Phi) is 9.12. The Labute approximate surface area is 155 Å². The van der Waals surface area contributed by atoms with Gasteiger partial charge in [0.1, 0.15) is 0 Å². The summed E-state index contributed by atoms with van der Waals surface area (Å²) in [5.41, 5.74) is 0.393. The fourth-order valence-electron chi connectivity index (χ4n) is 1.82. The van der Waals surface area contributed by atoms with Crippen LogP contribution in [0.5, 0.6) is 0 Å². The van der Waals surface area contributed by atoms with E-state index in [-0.39, 0.29) is 35.4 Å². The van der Waals surface area contributed by atoms with Crippen molar-refractivity contribution < 1.29 is 13.2 Å². The first-order valence-corrected chi connectivity index (χ1v) is 9.19. The van der Waals surface area contributed by atoms with Gasteiger partial charge in [0.05, 0.1) is 6.54 Å². The van der Waals surface area contributed by atoms with E-state index in [9.17, 15) is 13.2 Å². The van der Waals surface area contributed by atoms with Gasteiger partial charge in [0.15, 0.2) is 5.78 Å². The van der Waals surface area contributed by atoms with Crippen molar-refractivity contribution in [2.24, 2.45) is 0 Å². The number of rotatable bonds is 8. The topological polar surface area (TPSA) is 87.3 Å². The maximum absolute atomic E-state index is 12.0. The van der Waals surface area contributed by atoms with Crippen LogP contribution < -0.4 is 14.8 Å². The summed E-state index contributed by atoms with van der Waals surface area (Å²) in [6, 6.07) is 6.69. The third-order valence-corrected chi connectivity index (χ3v) is 4.51. The quantitative estimate of drug-likeness (QED) is 0.563. The Morgan fingerprint density at radius 3 is 2.17 bits per heavy atom. The molecule has 1 aromatic carbocycles. The van der Waals surface area contributed by atoms with Gasteiger partial charge in [-0.15, -0.1) is 17.0 Å². The van der Waals surface area contributed by atoms with Crippen LogP contribution in [0.2, 0.25) is 0 Å². The fraction of sp³-hybridized carbons (Fsp3) is 0.562. The average Bonchev–Trinajstić information content (AvgIpc) is 2.42. The highest BCUT2D eigenvalue weighted by Gasteiger charge is 2.19. The zero-order valence-electron chi connectivity index (χ0n) is 14.8. The molecule has 0 spiro atoms. The van der Waals surface area contributed by atoms with Crippen molar-refractivity contribution in [1.82, 2.24) is 10.0 Å². The van der Waals surface area contributed by atoms with Crippen molar-refractivity contribution in [2.75, 3.05) is 11.3 Å². The minimum Gasteiger partial charge on any atom is -0.307 e. The highest BCUT2D eigenvalue weighted by Crippen LogP contribution is 2.12. The van der Waals surface area contributed by atoms with Gasteiger partial charge in [0.25, 0.3) is 10.2 Å². The summed E-state index contributed by atoms with van der Waals surface area (Å²) in [6.07, 6.45) is 0.953. The minimum absolute atomic E-state index is 0. The lowest BCUT2D eigenvalue weighted by molar-refractivity contribution is 0.0987. The van der Waals surface area contributed by atoms with Crippen LogP contribution in [0.3, 0.4) is 0 Å². The van der Waals surface area contributed by atoms with Crippen molar-refractivity contribution in [2.45, 2.75) is 52.6 Å². The van der Waals surface area contributed by atoms with Gasteiger partial charge < -0.3 is 5.32 Å².